The molecule has 1 aliphatic carbocycles. The van der Waals surface area contributed by atoms with Gasteiger partial charge in [-0.05, 0) is 49.8 Å². The third kappa shape index (κ3) is 2.83. The first kappa shape index (κ1) is 17.3. The van der Waals surface area contributed by atoms with E-state index in [-0.39, 0.29) is 23.9 Å². The number of nitrogens with zero attached hydrogens (tertiary/aromatic N) is 2. The zero-order chi connectivity index (χ0) is 18.4. The topological polar surface area (TPSA) is 32.8 Å². The maximum Gasteiger partial charge on any atom is 0.193 e. The molecule has 0 unspecified atom stereocenters. The summed E-state index contributed by atoms with van der Waals surface area (Å²) in [6.07, 6.45) is 1.05. The number of ketones is 1. The van der Waals surface area contributed by atoms with Crippen LogP contribution in [0.1, 0.15) is 45.5 Å². The molecule has 0 bridgehead atoms. The zero-order valence-electron chi connectivity index (χ0n) is 15.9. The summed E-state index contributed by atoms with van der Waals surface area (Å²) < 4.78 is 6.51. The number of hydrogen-bond donors (Lipinski definition) is 0. The van der Waals surface area contributed by atoms with Crippen molar-refractivity contribution in [3.63, 3.8) is 0 Å². The minimum Gasteiger partial charge on any atom is -0.378 e. The molecule has 0 aromatic heterocycles. The van der Waals surface area contributed by atoms with Gasteiger partial charge in [-0.2, -0.15) is 0 Å². The third-order valence-corrected chi connectivity index (χ3v) is 5.50. The zero-order valence-corrected chi connectivity index (χ0v) is 15.9. The van der Waals surface area contributed by atoms with Gasteiger partial charge in [-0.3, -0.25) is 4.79 Å². The van der Waals surface area contributed by atoms with Crippen molar-refractivity contribution in [2.24, 2.45) is 0 Å². The maximum absolute atomic E-state index is 13.2. The van der Waals surface area contributed by atoms with Crippen molar-refractivity contribution in [2.75, 3.05) is 39.6 Å². The van der Waals surface area contributed by atoms with Crippen LogP contribution in [0.4, 0.5) is 5.69 Å². The normalized spacial score (nSPS) is 24.0. The van der Waals surface area contributed by atoms with E-state index in [0.29, 0.717) is 0 Å². The van der Waals surface area contributed by atoms with Crippen LogP contribution in [-0.4, -0.2) is 51.5 Å². The third-order valence-electron chi connectivity index (χ3n) is 5.50. The van der Waals surface area contributed by atoms with Gasteiger partial charge in [0.05, 0.1) is 12.2 Å². The Labute approximate surface area is 155 Å². The van der Waals surface area contributed by atoms with E-state index in [9.17, 15) is 4.79 Å². The van der Waals surface area contributed by atoms with Crippen molar-refractivity contribution in [1.29, 1.82) is 0 Å². The monoisotopic (exact) mass is 350 g/mol. The molecule has 0 radical (unpaired) electrons. The molecule has 1 saturated heterocycles. The number of carbonyl (C=O) groups is 1. The first-order valence-corrected chi connectivity index (χ1v) is 9.21. The van der Waals surface area contributed by atoms with Crippen LogP contribution < -0.4 is 4.90 Å². The quantitative estimate of drug-likeness (QED) is 0.849. The number of rotatable bonds is 3. The lowest BCUT2D eigenvalue weighted by atomic mass is 9.87. The van der Waals surface area contributed by atoms with Crippen LogP contribution in [0.15, 0.2) is 42.5 Å². The van der Waals surface area contributed by atoms with Gasteiger partial charge in [0.15, 0.2) is 5.78 Å². The Kier molecular flexibility index (Phi) is 4.33. The van der Waals surface area contributed by atoms with Crippen molar-refractivity contribution in [1.82, 2.24) is 4.90 Å². The summed E-state index contributed by atoms with van der Waals surface area (Å²) in [4.78, 5) is 17.5. The molecule has 1 aliphatic heterocycles. The highest BCUT2D eigenvalue weighted by molar-refractivity contribution is 6.11. The van der Waals surface area contributed by atoms with Gasteiger partial charge < -0.3 is 14.5 Å². The summed E-state index contributed by atoms with van der Waals surface area (Å²) >= 11 is 0. The summed E-state index contributed by atoms with van der Waals surface area (Å²) in [5, 5.41) is 0. The molecule has 1 heterocycles. The highest BCUT2D eigenvalue weighted by atomic mass is 16.5. The van der Waals surface area contributed by atoms with Crippen molar-refractivity contribution >= 4 is 11.5 Å². The summed E-state index contributed by atoms with van der Waals surface area (Å²) in [6.45, 7) is 0.895. The molecule has 136 valence electrons. The molecule has 2 aromatic rings. The van der Waals surface area contributed by atoms with E-state index in [1.165, 1.54) is 0 Å². The lowest BCUT2D eigenvalue weighted by Gasteiger charge is -2.22. The predicted octanol–water partition coefficient (Wildman–Crippen LogP) is 3.47. The van der Waals surface area contributed by atoms with Crippen LogP contribution in [0.3, 0.4) is 0 Å². The molecule has 4 heteroatoms. The fourth-order valence-corrected chi connectivity index (χ4v) is 4.31. The molecule has 2 aliphatic rings. The molecule has 4 rings (SSSR count). The van der Waals surface area contributed by atoms with E-state index in [2.05, 4.69) is 36.0 Å². The molecule has 26 heavy (non-hydrogen) atoms. The fraction of sp³-hybridized carbons (Fsp3) is 0.409. The molecule has 2 aromatic carbocycles. The summed E-state index contributed by atoms with van der Waals surface area (Å²) in [6, 6.07) is 14.2. The van der Waals surface area contributed by atoms with Gasteiger partial charge in [-0.25, -0.2) is 0 Å². The Bertz CT molecular complexity index is 844. The lowest BCUT2D eigenvalue weighted by molar-refractivity contribution is 0.0272. The van der Waals surface area contributed by atoms with E-state index in [1.54, 1.807) is 0 Å². The van der Waals surface area contributed by atoms with Gasteiger partial charge in [0, 0.05) is 43.4 Å². The number of carbonyl (C=O) groups excluding carboxylic acids is 1. The van der Waals surface area contributed by atoms with Crippen LogP contribution in [0.25, 0.3) is 0 Å². The van der Waals surface area contributed by atoms with Crippen LogP contribution >= 0.6 is 0 Å². The van der Waals surface area contributed by atoms with E-state index < -0.39 is 0 Å². The standard InChI is InChI=1S/C22H26N2O2/c1-23(2)13-15-12-20-16-7-5-6-8-17(16)21(25)18-10-9-14(24(3)4)11-19(18)22(20)26-15/h5-11,15,20,22H,12-13H2,1-4H3/t15-,20-,22-/m1/s1. The lowest BCUT2D eigenvalue weighted by Crippen LogP contribution is -2.25. The van der Waals surface area contributed by atoms with Crippen molar-refractivity contribution in [3.05, 3.63) is 64.7 Å². The molecular formula is C22H26N2O2. The smallest absolute Gasteiger partial charge is 0.193 e. The van der Waals surface area contributed by atoms with Gasteiger partial charge in [0.2, 0.25) is 0 Å². The van der Waals surface area contributed by atoms with E-state index in [0.717, 1.165) is 40.9 Å². The number of ether oxygens (including phenoxy) is 1. The minimum atomic E-state index is -0.0672. The minimum absolute atomic E-state index is 0.0672. The second-order valence-electron chi connectivity index (χ2n) is 7.87. The number of likely N-dealkylation sites (N-methyl/N-ethyl adjacent to an activating group) is 1. The van der Waals surface area contributed by atoms with Gasteiger partial charge in [-0.1, -0.05) is 24.3 Å². The van der Waals surface area contributed by atoms with Gasteiger partial charge in [-0.15, -0.1) is 0 Å². The van der Waals surface area contributed by atoms with Crippen LogP contribution in [0.2, 0.25) is 0 Å². The van der Waals surface area contributed by atoms with E-state index in [1.807, 2.05) is 44.4 Å². The van der Waals surface area contributed by atoms with Gasteiger partial charge in [0.1, 0.15) is 0 Å². The first-order valence-electron chi connectivity index (χ1n) is 9.21. The van der Waals surface area contributed by atoms with Gasteiger partial charge in [0.25, 0.3) is 0 Å². The number of fused-ring (bicyclic) bond motifs is 5. The highest BCUT2D eigenvalue weighted by Gasteiger charge is 2.42. The average Bonchev–Trinajstić information content (AvgIpc) is 2.99. The molecule has 3 atom stereocenters. The van der Waals surface area contributed by atoms with Crippen LogP contribution in [-0.2, 0) is 4.74 Å². The van der Waals surface area contributed by atoms with Crippen LogP contribution in [0.5, 0.6) is 0 Å². The van der Waals surface area contributed by atoms with Gasteiger partial charge >= 0.3 is 0 Å². The molecule has 1 fully saturated rings. The Morgan fingerprint density at radius 1 is 1.00 bits per heavy atom. The second kappa shape index (κ2) is 6.53. The second-order valence-corrected chi connectivity index (χ2v) is 7.87. The molecule has 4 nitrogen and oxygen atoms in total. The number of anilines is 1. The summed E-state index contributed by atoms with van der Waals surface area (Å²) in [7, 11) is 8.20. The van der Waals surface area contributed by atoms with Crippen molar-refractivity contribution in [3.8, 4) is 0 Å². The Hall–Kier alpha value is -2.17. The van der Waals surface area contributed by atoms with E-state index >= 15 is 0 Å². The van der Waals surface area contributed by atoms with Crippen LogP contribution in [0, 0.1) is 0 Å². The fourth-order valence-electron chi connectivity index (χ4n) is 4.31. The summed E-state index contributed by atoms with van der Waals surface area (Å²) in [5.74, 6) is 0.335. The Morgan fingerprint density at radius 3 is 2.46 bits per heavy atom. The Morgan fingerprint density at radius 2 is 1.73 bits per heavy atom. The predicted molar refractivity (Wildman–Crippen MR) is 104 cm³/mol. The highest BCUT2D eigenvalue weighted by Crippen LogP contribution is 2.49. The molecule has 0 N–H and O–H groups in total. The summed E-state index contributed by atoms with van der Waals surface area (Å²) in [5.41, 5.74) is 4.87. The molecule has 0 saturated carbocycles. The molecular weight excluding hydrogens is 324 g/mol. The maximum atomic E-state index is 13.2. The average molecular weight is 350 g/mol. The largest absolute Gasteiger partial charge is 0.378 e. The first-order chi connectivity index (χ1) is 12.5. The number of benzene rings is 2. The van der Waals surface area contributed by atoms with E-state index in [4.69, 9.17) is 4.74 Å². The molecule has 0 amide bonds. The van der Waals surface area contributed by atoms with Crippen molar-refractivity contribution in [2.45, 2.75) is 24.5 Å². The number of hydrogen-bond acceptors (Lipinski definition) is 4. The SMILES string of the molecule is CN(C)C[C@H]1C[C@@H]2c3ccccc3C(=O)c3ccc(N(C)C)cc3[C@H]2O1. The Balaban J connectivity index is 1.86. The molecule has 0 spiro atoms. The van der Waals surface area contributed by atoms with Crippen molar-refractivity contribution < 1.29 is 9.53 Å².